The molecule has 3 heteroatoms. The van der Waals surface area contributed by atoms with E-state index in [-0.39, 0.29) is 0 Å². The fraction of sp³-hybridized carbons (Fsp3) is 1.00. The summed E-state index contributed by atoms with van der Waals surface area (Å²) < 4.78 is 0. The van der Waals surface area contributed by atoms with Gasteiger partial charge in [-0.05, 0) is 51.4 Å². The zero-order valence-electron chi connectivity index (χ0n) is 11.6. The van der Waals surface area contributed by atoms with Gasteiger partial charge in [0.05, 0.1) is 0 Å². The maximum absolute atomic E-state index is 3.79. The van der Waals surface area contributed by atoms with Crippen molar-refractivity contribution in [3.8, 4) is 0 Å². The fourth-order valence-corrected chi connectivity index (χ4v) is 3.35. The van der Waals surface area contributed by atoms with E-state index in [0.717, 1.165) is 12.0 Å². The second-order valence-electron chi connectivity index (χ2n) is 5.63. The van der Waals surface area contributed by atoms with Crippen molar-refractivity contribution in [1.29, 1.82) is 0 Å². The first-order chi connectivity index (χ1) is 8.33. The smallest absolute Gasteiger partial charge is 0.0224 e. The largest absolute Gasteiger partial charge is 0.311 e. The zero-order valence-corrected chi connectivity index (χ0v) is 11.6. The second-order valence-corrected chi connectivity index (χ2v) is 5.63. The van der Waals surface area contributed by atoms with Crippen LogP contribution in [0.25, 0.3) is 0 Å². The predicted octanol–water partition coefficient (Wildman–Crippen LogP) is 1.40. The van der Waals surface area contributed by atoms with Crippen molar-refractivity contribution in [2.75, 3.05) is 45.8 Å². The molecule has 3 aliphatic heterocycles. The molecule has 3 rings (SSSR count). The van der Waals surface area contributed by atoms with Crippen LogP contribution in [0.1, 0.15) is 33.1 Å². The van der Waals surface area contributed by atoms with Gasteiger partial charge in [-0.15, -0.1) is 0 Å². The van der Waals surface area contributed by atoms with E-state index >= 15 is 0 Å². The number of likely N-dealkylation sites (N-methyl/N-ethyl adjacent to an activating group) is 1. The predicted molar refractivity (Wildman–Crippen MR) is 73.4 cm³/mol. The van der Waals surface area contributed by atoms with Crippen LogP contribution in [0, 0.1) is 5.92 Å². The number of rotatable bonds is 7. The maximum Gasteiger partial charge on any atom is 0.0224 e. The van der Waals surface area contributed by atoms with Crippen molar-refractivity contribution >= 4 is 0 Å². The molecule has 3 heterocycles. The van der Waals surface area contributed by atoms with Gasteiger partial charge in [0.25, 0.3) is 0 Å². The first-order valence-electron chi connectivity index (χ1n) is 7.51. The molecule has 2 bridgehead atoms. The number of fused-ring (bicyclic) bond motifs is 3. The van der Waals surface area contributed by atoms with E-state index in [1.807, 2.05) is 0 Å². The first-order valence-corrected chi connectivity index (χ1v) is 7.51. The number of hydrogen-bond donors (Lipinski definition) is 1. The van der Waals surface area contributed by atoms with E-state index in [4.69, 9.17) is 0 Å². The van der Waals surface area contributed by atoms with Gasteiger partial charge in [0.1, 0.15) is 0 Å². The third-order valence-corrected chi connectivity index (χ3v) is 4.48. The van der Waals surface area contributed by atoms with Crippen LogP contribution in [0.3, 0.4) is 0 Å². The Labute approximate surface area is 107 Å². The summed E-state index contributed by atoms with van der Waals surface area (Å²) in [6, 6.07) is 0.776. The molecule has 0 saturated carbocycles. The van der Waals surface area contributed by atoms with Crippen molar-refractivity contribution in [1.82, 2.24) is 15.1 Å². The molecule has 100 valence electrons. The minimum atomic E-state index is 0.776. The van der Waals surface area contributed by atoms with Crippen molar-refractivity contribution in [2.45, 2.75) is 39.2 Å². The van der Waals surface area contributed by atoms with Gasteiger partial charge in [0.15, 0.2) is 0 Å². The van der Waals surface area contributed by atoms with Gasteiger partial charge in [-0.1, -0.05) is 13.8 Å². The average molecular weight is 239 g/mol. The molecule has 0 aromatic heterocycles. The molecule has 3 saturated heterocycles. The Morgan fingerprint density at radius 3 is 2.47 bits per heavy atom. The van der Waals surface area contributed by atoms with Gasteiger partial charge in [-0.3, -0.25) is 0 Å². The molecule has 0 aromatic rings. The molecule has 1 unspecified atom stereocenters. The van der Waals surface area contributed by atoms with E-state index in [1.165, 1.54) is 65.1 Å². The standard InChI is InChI=1S/C14H29N3/c1-3-8-16(4-2)11-7-15-14-12-17-9-5-13(14)6-10-17/h13-15H,3-12H2,1-2H3. The molecule has 3 nitrogen and oxygen atoms in total. The van der Waals surface area contributed by atoms with Crippen LogP contribution in [0.15, 0.2) is 0 Å². The van der Waals surface area contributed by atoms with Crippen LogP contribution in [-0.2, 0) is 0 Å². The Balaban J connectivity index is 1.64. The third kappa shape index (κ3) is 3.67. The summed E-state index contributed by atoms with van der Waals surface area (Å²) in [5.41, 5.74) is 0. The van der Waals surface area contributed by atoms with Crippen molar-refractivity contribution < 1.29 is 0 Å². The molecule has 0 aliphatic carbocycles. The van der Waals surface area contributed by atoms with E-state index in [1.54, 1.807) is 0 Å². The molecule has 1 atom stereocenters. The van der Waals surface area contributed by atoms with Crippen LogP contribution >= 0.6 is 0 Å². The van der Waals surface area contributed by atoms with Crippen molar-refractivity contribution in [3.63, 3.8) is 0 Å². The summed E-state index contributed by atoms with van der Waals surface area (Å²) >= 11 is 0. The number of hydrogen-bond acceptors (Lipinski definition) is 3. The van der Waals surface area contributed by atoms with Gasteiger partial charge in [-0.25, -0.2) is 0 Å². The van der Waals surface area contributed by atoms with Crippen LogP contribution in [0.5, 0.6) is 0 Å². The SMILES string of the molecule is CCCN(CC)CCNC1CN2CCC1CC2. The van der Waals surface area contributed by atoms with Crippen LogP contribution < -0.4 is 5.32 Å². The quantitative estimate of drug-likeness (QED) is 0.724. The summed E-state index contributed by atoms with van der Waals surface area (Å²) in [5.74, 6) is 0.959. The molecule has 3 fully saturated rings. The topological polar surface area (TPSA) is 18.5 Å². The maximum atomic E-state index is 3.79. The van der Waals surface area contributed by atoms with Gasteiger partial charge in [0.2, 0.25) is 0 Å². The Kier molecular flexibility index (Phi) is 5.26. The highest BCUT2D eigenvalue weighted by atomic mass is 15.2. The lowest BCUT2D eigenvalue weighted by Crippen LogP contribution is -2.56. The molecule has 3 aliphatic rings. The minimum Gasteiger partial charge on any atom is -0.311 e. The number of nitrogens with zero attached hydrogens (tertiary/aromatic N) is 2. The second kappa shape index (κ2) is 6.72. The van der Waals surface area contributed by atoms with Gasteiger partial charge < -0.3 is 15.1 Å². The van der Waals surface area contributed by atoms with Crippen molar-refractivity contribution in [2.24, 2.45) is 5.92 Å². The van der Waals surface area contributed by atoms with E-state index < -0.39 is 0 Å². The summed E-state index contributed by atoms with van der Waals surface area (Å²) in [6.07, 6.45) is 4.11. The van der Waals surface area contributed by atoms with E-state index in [0.29, 0.717) is 0 Å². The number of piperidine rings is 3. The van der Waals surface area contributed by atoms with E-state index in [9.17, 15) is 0 Å². The molecule has 0 aromatic carbocycles. The summed E-state index contributed by atoms with van der Waals surface area (Å²) in [7, 11) is 0. The normalized spacial score (nSPS) is 32.3. The van der Waals surface area contributed by atoms with Gasteiger partial charge >= 0.3 is 0 Å². The molecule has 1 N–H and O–H groups in total. The van der Waals surface area contributed by atoms with Gasteiger partial charge in [0, 0.05) is 25.7 Å². The molecule has 0 spiro atoms. The molecule has 0 radical (unpaired) electrons. The highest BCUT2D eigenvalue weighted by Crippen LogP contribution is 2.27. The highest BCUT2D eigenvalue weighted by Gasteiger charge is 2.33. The summed E-state index contributed by atoms with van der Waals surface area (Å²) in [6.45, 7) is 13.3. The van der Waals surface area contributed by atoms with Crippen LogP contribution in [0.4, 0.5) is 0 Å². The summed E-state index contributed by atoms with van der Waals surface area (Å²) in [4.78, 5) is 5.18. The van der Waals surface area contributed by atoms with Crippen LogP contribution in [-0.4, -0.2) is 61.7 Å². The fourth-order valence-electron chi connectivity index (χ4n) is 3.35. The van der Waals surface area contributed by atoms with Crippen molar-refractivity contribution in [3.05, 3.63) is 0 Å². The molecular weight excluding hydrogens is 210 g/mol. The first kappa shape index (κ1) is 13.3. The number of nitrogens with one attached hydrogen (secondary N) is 1. The molecule has 0 amide bonds. The highest BCUT2D eigenvalue weighted by molar-refractivity contribution is 4.90. The third-order valence-electron chi connectivity index (χ3n) is 4.48. The lowest BCUT2D eigenvalue weighted by atomic mass is 9.84. The average Bonchev–Trinajstić information content (AvgIpc) is 2.39. The monoisotopic (exact) mass is 239 g/mol. The Morgan fingerprint density at radius 1 is 1.18 bits per heavy atom. The lowest BCUT2D eigenvalue weighted by Gasteiger charge is -2.45. The summed E-state index contributed by atoms with van der Waals surface area (Å²) in [5, 5.41) is 3.79. The van der Waals surface area contributed by atoms with E-state index in [2.05, 4.69) is 29.0 Å². The van der Waals surface area contributed by atoms with Crippen LogP contribution in [0.2, 0.25) is 0 Å². The Bertz CT molecular complexity index is 212. The Hall–Kier alpha value is -0.120. The Morgan fingerprint density at radius 2 is 1.94 bits per heavy atom. The zero-order chi connectivity index (χ0) is 12.1. The van der Waals surface area contributed by atoms with Gasteiger partial charge in [-0.2, -0.15) is 0 Å². The molecular formula is C14H29N3. The molecule has 17 heavy (non-hydrogen) atoms. The lowest BCUT2D eigenvalue weighted by molar-refractivity contribution is 0.0714. The minimum absolute atomic E-state index is 0.776.